The van der Waals surface area contributed by atoms with E-state index in [9.17, 15) is 0 Å². The second-order valence-corrected chi connectivity index (χ2v) is 5.96. The Labute approximate surface area is 120 Å². The van der Waals surface area contributed by atoms with Gasteiger partial charge in [-0.2, -0.15) is 0 Å². The van der Waals surface area contributed by atoms with Crippen LogP contribution in [-0.2, 0) is 11.3 Å². The van der Waals surface area contributed by atoms with Gasteiger partial charge in [-0.15, -0.1) is 0 Å². The van der Waals surface area contributed by atoms with Crippen molar-refractivity contribution in [1.29, 1.82) is 0 Å². The van der Waals surface area contributed by atoms with Gasteiger partial charge in [-0.1, -0.05) is 0 Å². The van der Waals surface area contributed by atoms with Gasteiger partial charge >= 0.3 is 0 Å². The molecule has 0 spiro atoms. The molecule has 0 bridgehead atoms. The number of nitrogens with one attached hydrogen (secondary N) is 1. The fourth-order valence-electron chi connectivity index (χ4n) is 2.46. The van der Waals surface area contributed by atoms with E-state index < -0.39 is 0 Å². The van der Waals surface area contributed by atoms with Gasteiger partial charge in [-0.3, -0.25) is 4.90 Å². The summed E-state index contributed by atoms with van der Waals surface area (Å²) in [5.74, 6) is 0.945. The summed E-state index contributed by atoms with van der Waals surface area (Å²) < 4.78 is 6.61. The van der Waals surface area contributed by atoms with E-state index in [1.807, 2.05) is 6.07 Å². The van der Waals surface area contributed by atoms with Crippen LogP contribution in [-0.4, -0.2) is 46.2 Å². The second-order valence-electron chi connectivity index (χ2n) is 5.04. The third kappa shape index (κ3) is 3.13. The number of imidazole rings is 1. The Morgan fingerprint density at radius 2 is 2.47 bits per heavy atom. The highest BCUT2D eigenvalue weighted by atomic mass is 79.9. The Kier molecular flexibility index (Phi) is 3.81. The number of hydrogen-bond donors (Lipinski definition) is 1. The molecule has 1 aliphatic heterocycles. The molecule has 1 unspecified atom stereocenters. The monoisotopic (exact) mass is 324 g/mol. The molecular formula is C13H17BrN4O. The van der Waals surface area contributed by atoms with Crippen molar-refractivity contribution in [3.05, 3.63) is 22.6 Å². The topological polar surface area (TPSA) is 54.0 Å². The maximum atomic E-state index is 5.65. The minimum Gasteiger partial charge on any atom is -0.377 e. The summed E-state index contributed by atoms with van der Waals surface area (Å²) in [6, 6.07) is 2.00. The highest BCUT2D eigenvalue weighted by Gasteiger charge is 2.18. The molecule has 3 rings (SSSR count). The fraction of sp³-hybridized carbons (Fsp3) is 0.538. The molecule has 6 heteroatoms. The van der Waals surface area contributed by atoms with Crippen molar-refractivity contribution in [3.8, 4) is 0 Å². The van der Waals surface area contributed by atoms with Crippen molar-refractivity contribution in [1.82, 2.24) is 19.9 Å². The zero-order chi connectivity index (χ0) is 13.2. The van der Waals surface area contributed by atoms with Gasteiger partial charge in [0, 0.05) is 23.8 Å². The fourth-order valence-corrected chi connectivity index (χ4v) is 2.79. The number of aromatic nitrogens is 3. The lowest BCUT2D eigenvalue weighted by molar-refractivity contribution is 0.0787. The van der Waals surface area contributed by atoms with E-state index in [0.29, 0.717) is 6.10 Å². The first-order chi connectivity index (χ1) is 9.20. The Morgan fingerprint density at radius 1 is 1.58 bits per heavy atom. The quantitative estimate of drug-likeness (QED) is 0.937. The molecule has 1 N–H and O–H groups in total. The smallest absolute Gasteiger partial charge is 0.177 e. The number of H-pyrrole nitrogens is 1. The highest BCUT2D eigenvalue weighted by molar-refractivity contribution is 9.10. The predicted molar refractivity (Wildman–Crippen MR) is 76.9 cm³/mol. The van der Waals surface area contributed by atoms with Crippen LogP contribution in [0.15, 0.2) is 16.7 Å². The summed E-state index contributed by atoms with van der Waals surface area (Å²) in [7, 11) is 2.10. The number of ether oxygens (including phenoxy) is 1. The summed E-state index contributed by atoms with van der Waals surface area (Å²) in [4.78, 5) is 14.3. The molecule has 5 nitrogen and oxygen atoms in total. The molecule has 0 saturated carbocycles. The summed E-state index contributed by atoms with van der Waals surface area (Å²) >= 11 is 3.41. The van der Waals surface area contributed by atoms with Crippen molar-refractivity contribution < 1.29 is 4.74 Å². The van der Waals surface area contributed by atoms with E-state index in [2.05, 4.69) is 42.8 Å². The van der Waals surface area contributed by atoms with Crippen LogP contribution in [0.3, 0.4) is 0 Å². The first-order valence-corrected chi connectivity index (χ1v) is 7.30. The molecule has 1 saturated heterocycles. The molecule has 0 aliphatic carbocycles. The largest absolute Gasteiger partial charge is 0.377 e. The molecule has 0 aromatic carbocycles. The van der Waals surface area contributed by atoms with E-state index in [1.165, 1.54) is 12.8 Å². The summed E-state index contributed by atoms with van der Waals surface area (Å²) in [5, 5.41) is 0. The lowest BCUT2D eigenvalue weighted by Crippen LogP contribution is -2.28. The summed E-state index contributed by atoms with van der Waals surface area (Å²) in [6.07, 6.45) is 4.49. The van der Waals surface area contributed by atoms with E-state index in [0.717, 1.165) is 41.2 Å². The van der Waals surface area contributed by atoms with E-state index in [1.54, 1.807) is 6.20 Å². The van der Waals surface area contributed by atoms with Crippen LogP contribution in [0.4, 0.5) is 0 Å². The molecule has 102 valence electrons. The minimum atomic E-state index is 0.377. The first kappa shape index (κ1) is 13.0. The van der Waals surface area contributed by atoms with Crippen molar-refractivity contribution in [2.75, 3.05) is 20.2 Å². The van der Waals surface area contributed by atoms with E-state index in [4.69, 9.17) is 4.74 Å². The van der Waals surface area contributed by atoms with E-state index in [-0.39, 0.29) is 0 Å². The SMILES string of the molecule is CN(Cc1nc2ncc(Br)cc2[nH]1)CC1CCCO1. The molecule has 1 fully saturated rings. The Hall–Kier alpha value is -0.980. The van der Waals surface area contributed by atoms with Crippen molar-refractivity contribution in [2.45, 2.75) is 25.5 Å². The lowest BCUT2D eigenvalue weighted by Gasteiger charge is -2.19. The van der Waals surface area contributed by atoms with E-state index >= 15 is 0 Å². The van der Waals surface area contributed by atoms with Crippen LogP contribution in [0, 0.1) is 0 Å². The Bertz CT molecular complexity index is 565. The Morgan fingerprint density at radius 3 is 3.26 bits per heavy atom. The standard InChI is InChI=1S/C13H17BrN4O/c1-18(7-10-3-2-4-19-10)8-12-16-11-5-9(14)6-15-13(11)17-12/h5-6,10H,2-4,7-8H2,1H3,(H,15,16,17). The van der Waals surface area contributed by atoms with Crippen LogP contribution in [0.5, 0.6) is 0 Å². The van der Waals surface area contributed by atoms with Crippen LogP contribution in [0.25, 0.3) is 11.2 Å². The molecular weight excluding hydrogens is 308 g/mol. The van der Waals surface area contributed by atoms with Gasteiger partial charge in [0.1, 0.15) is 5.82 Å². The number of rotatable bonds is 4. The van der Waals surface area contributed by atoms with Gasteiger partial charge in [0.05, 0.1) is 18.2 Å². The van der Waals surface area contributed by atoms with Gasteiger partial charge in [-0.05, 0) is 41.9 Å². The van der Waals surface area contributed by atoms with Crippen molar-refractivity contribution >= 4 is 27.1 Å². The van der Waals surface area contributed by atoms with Gasteiger partial charge < -0.3 is 9.72 Å². The number of aromatic amines is 1. The normalized spacial score (nSPS) is 19.6. The number of pyridine rings is 1. The van der Waals surface area contributed by atoms with Gasteiger partial charge in [-0.25, -0.2) is 9.97 Å². The average molecular weight is 325 g/mol. The molecule has 2 aromatic rings. The number of nitrogens with zero attached hydrogens (tertiary/aromatic N) is 3. The first-order valence-electron chi connectivity index (χ1n) is 6.51. The van der Waals surface area contributed by atoms with Crippen LogP contribution >= 0.6 is 15.9 Å². The van der Waals surface area contributed by atoms with Gasteiger partial charge in [0.25, 0.3) is 0 Å². The number of likely N-dealkylation sites (N-methyl/N-ethyl adjacent to an activating group) is 1. The number of hydrogen-bond acceptors (Lipinski definition) is 4. The maximum Gasteiger partial charge on any atom is 0.177 e. The minimum absolute atomic E-state index is 0.377. The average Bonchev–Trinajstić information content (AvgIpc) is 2.97. The summed E-state index contributed by atoms with van der Waals surface area (Å²) in [5.41, 5.74) is 1.73. The lowest BCUT2D eigenvalue weighted by atomic mass is 10.2. The summed E-state index contributed by atoms with van der Waals surface area (Å²) in [6.45, 7) is 2.64. The molecule has 1 atom stereocenters. The molecule has 1 aliphatic rings. The Balaban J connectivity index is 1.66. The molecule has 0 amide bonds. The van der Waals surface area contributed by atoms with Gasteiger partial charge in [0.2, 0.25) is 0 Å². The maximum absolute atomic E-state index is 5.65. The highest BCUT2D eigenvalue weighted by Crippen LogP contribution is 2.17. The zero-order valence-corrected chi connectivity index (χ0v) is 12.5. The van der Waals surface area contributed by atoms with Gasteiger partial charge in [0.15, 0.2) is 5.65 Å². The van der Waals surface area contributed by atoms with Crippen LogP contribution < -0.4 is 0 Å². The molecule has 0 radical (unpaired) electrons. The predicted octanol–water partition coefficient (Wildman–Crippen LogP) is 2.33. The third-order valence-electron chi connectivity index (χ3n) is 3.31. The van der Waals surface area contributed by atoms with Crippen molar-refractivity contribution in [3.63, 3.8) is 0 Å². The second kappa shape index (κ2) is 5.56. The third-order valence-corrected chi connectivity index (χ3v) is 3.75. The molecule has 3 heterocycles. The number of fused-ring (bicyclic) bond motifs is 1. The molecule has 19 heavy (non-hydrogen) atoms. The van der Waals surface area contributed by atoms with Crippen LogP contribution in [0.1, 0.15) is 18.7 Å². The van der Waals surface area contributed by atoms with Crippen molar-refractivity contribution in [2.24, 2.45) is 0 Å². The van der Waals surface area contributed by atoms with Crippen LogP contribution in [0.2, 0.25) is 0 Å². The molecule has 2 aromatic heterocycles. The zero-order valence-electron chi connectivity index (χ0n) is 10.9. The number of halogens is 1.